The van der Waals surface area contributed by atoms with Crippen molar-refractivity contribution in [3.63, 3.8) is 0 Å². The first-order valence-electron chi connectivity index (χ1n) is 3.37. The van der Waals surface area contributed by atoms with Crippen LogP contribution in [-0.4, -0.2) is 5.71 Å². The highest BCUT2D eigenvalue weighted by molar-refractivity contribution is 6.07. The molecule has 0 spiro atoms. The average molecular weight is 147 g/mol. The number of furan rings is 1. The highest BCUT2D eigenvalue weighted by Crippen LogP contribution is 2.09. The molecular formula is C8H7N2O. The molecule has 1 radical (unpaired) electrons. The molecule has 2 rings (SSSR count). The summed E-state index contributed by atoms with van der Waals surface area (Å²) in [5.74, 6) is 1.67. The van der Waals surface area contributed by atoms with Gasteiger partial charge in [0.1, 0.15) is 11.5 Å². The third-order valence-electron chi connectivity index (χ3n) is 1.46. The van der Waals surface area contributed by atoms with E-state index in [1.165, 1.54) is 0 Å². The quantitative estimate of drug-likeness (QED) is 0.592. The molecule has 0 atom stereocenters. The maximum Gasteiger partial charge on any atom is 0.154 e. The van der Waals surface area contributed by atoms with Crippen LogP contribution >= 0.6 is 0 Å². The fourth-order valence-corrected chi connectivity index (χ4v) is 0.936. The zero-order valence-corrected chi connectivity index (χ0v) is 6.11. The van der Waals surface area contributed by atoms with Crippen molar-refractivity contribution < 1.29 is 4.42 Å². The van der Waals surface area contributed by atoms with Crippen LogP contribution in [0.3, 0.4) is 0 Å². The molecule has 0 aliphatic carbocycles. The number of hydrogen-bond donors (Lipinski definition) is 0. The van der Waals surface area contributed by atoms with Gasteiger partial charge in [-0.1, -0.05) is 0 Å². The van der Waals surface area contributed by atoms with Gasteiger partial charge in [-0.2, -0.15) is 5.43 Å². The van der Waals surface area contributed by atoms with Crippen LogP contribution < -0.4 is 5.43 Å². The predicted molar refractivity (Wildman–Crippen MR) is 41.3 cm³/mol. The van der Waals surface area contributed by atoms with Gasteiger partial charge in [0.25, 0.3) is 0 Å². The Balaban J connectivity index is 2.36. The van der Waals surface area contributed by atoms with Crippen LogP contribution in [0.15, 0.2) is 33.9 Å². The Morgan fingerprint density at radius 3 is 2.82 bits per heavy atom. The van der Waals surface area contributed by atoms with Crippen molar-refractivity contribution in [2.45, 2.75) is 6.92 Å². The van der Waals surface area contributed by atoms with Gasteiger partial charge in [-0.05, 0) is 25.1 Å². The summed E-state index contributed by atoms with van der Waals surface area (Å²) in [7, 11) is 0. The van der Waals surface area contributed by atoms with Gasteiger partial charge in [0.2, 0.25) is 0 Å². The van der Waals surface area contributed by atoms with E-state index in [2.05, 4.69) is 10.5 Å². The first kappa shape index (κ1) is 6.22. The van der Waals surface area contributed by atoms with Gasteiger partial charge < -0.3 is 4.42 Å². The Hall–Kier alpha value is -1.51. The van der Waals surface area contributed by atoms with E-state index in [0.717, 1.165) is 17.2 Å². The molecule has 3 nitrogen and oxygen atoms in total. The van der Waals surface area contributed by atoms with Crippen LogP contribution in [0.2, 0.25) is 0 Å². The van der Waals surface area contributed by atoms with Crippen LogP contribution in [0.4, 0.5) is 0 Å². The fourth-order valence-electron chi connectivity index (χ4n) is 0.936. The Labute approximate surface area is 64.4 Å². The minimum atomic E-state index is 0.778. The van der Waals surface area contributed by atoms with E-state index in [0.29, 0.717) is 0 Å². The minimum Gasteiger partial charge on any atom is -0.460 e. The van der Waals surface area contributed by atoms with Crippen molar-refractivity contribution in [3.05, 3.63) is 35.9 Å². The standard InChI is InChI=1S/C8H7N2O/c1-6-2-3-8(11-6)7-4-5-9-10-7/h2-5H,1H3. The third-order valence-corrected chi connectivity index (χ3v) is 1.46. The van der Waals surface area contributed by atoms with Crippen molar-refractivity contribution in [2.24, 2.45) is 5.10 Å². The van der Waals surface area contributed by atoms with Crippen molar-refractivity contribution in [1.82, 2.24) is 5.43 Å². The van der Waals surface area contributed by atoms with Gasteiger partial charge in [-0.15, -0.1) is 5.10 Å². The van der Waals surface area contributed by atoms with E-state index in [-0.39, 0.29) is 0 Å². The predicted octanol–water partition coefficient (Wildman–Crippen LogP) is 1.42. The molecule has 0 aromatic carbocycles. The van der Waals surface area contributed by atoms with Gasteiger partial charge in [0, 0.05) is 0 Å². The summed E-state index contributed by atoms with van der Waals surface area (Å²) in [5.41, 5.74) is 4.49. The van der Waals surface area contributed by atoms with Crippen molar-refractivity contribution in [2.75, 3.05) is 0 Å². The van der Waals surface area contributed by atoms with Crippen LogP contribution in [0.1, 0.15) is 11.5 Å². The highest BCUT2D eigenvalue weighted by Gasteiger charge is 2.07. The summed E-state index contributed by atoms with van der Waals surface area (Å²) >= 11 is 0. The summed E-state index contributed by atoms with van der Waals surface area (Å²) in [6.07, 6.45) is 3.46. The number of hydrogen-bond acceptors (Lipinski definition) is 2. The zero-order chi connectivity index (χ0) is 7.68. The Morgan fingerprint density at radius 2 is 2.27 bits per heavy atom. The van der Waals surface area contributed by atoms with E-state index in [1.54, 1.807) is 6.20 Å². The summed E-state index contributed by atoms with van der Waals surface area (Å²) in [4.78, 5) is 0. The highest BCUT2D eigenvalue weighted by atomic mass is 16.3. The number of aryl methyl sites for hydroxylation is 1. The summed E-state index contributed by atoms with van der Waals surface area (Å²) in [5, 5.41) is 3.86. The van der Waals surface area contributed by atoms with Gasteiger partial charge >= 0.3 is 0 Å². The third kappa shape index (κ3) is 1.05. The topological polar surface area (TPSA) is 39.6 Å². The molecule has 1 aromatic rings. The van der Waals surface area contributed by atoms with E-state index in [4.69, 9.17) is 4.42 Å². The number of nitrogens with zero attached hydrogens (tertiary/aromatic N) is 2. The largest absolute Gasteiger partial charge is 0.460 e. The van der Waals surface area contributed by atoms with E-state index in [9.17, 15) is 0 Å². The lowest BCUT2D eigenvalue weighted by atomic mass is 10.3. The van der Waals surface area contributed by atoms with E-state index >= 15 is 0 Å². The van der Waals surface area contributed by atoms with Crippen LogP contribution in [0, 0.1) is 6.92 Å². The molecule has 11 heavy (non-hydrogen) atoms. The monoisotopic (exact) mass is 147 g/mol. The molecule has 0 amide bonds. The summed E-state index contributed by atoms with van der Waals surface area (Å²) < 4.78 is 5.33. The number of allylic oxidation sites excluding steroid dienone is 1. The molecule has 0 bridgehead atoms. The van der Waals surface area contributed by atoms with Gasteiger partial charge in [-0.25, -0.2) is 0 Å². The maximum atomic E-state index is 5.33. The van der Waals surface area contributed by atoms with Gasteiger partial charge in [0.15, 0.2) is 5.76 Å². The second-order valence-electron chi connectivity index (χ2n) is 2.33. The molecule has 0 saturated heterocycles. The van der Waals surface area contributed by atoms with Crippen molar-refractivity contribution in [3.8, 4) is 0 Å². The summed E-state index contributed by atoms with van der Waals surface area (Å²) in [6.45, 7) is 1.90. The minimum absolute atomic E-state index is 0.778. The van der Waals surface area contributed by atoms with Crippen LogP contribution in [0.25, 0.3) is 0 Å². The van der Waals surface area contributed by atoms with Gasteiger partial charge in [-0.3, -0.25) is 0 Å². The molecule has 0 fully saturated rings. The Bertz CT molecular complexity index is 323. The van der Waals surface area contributed by atoms with Crippen LogP contribution in [-0.2, 0) is 0 Å². The average Bonchev–Trinajstić information content (AvgIpc) is 2.55. The Morgan fingerprint density at radius 1 is 1.36 bits per heavy atom. The van der Waals surface area contributed by atoms with E-state index in [1.807, 2.05) is 25.1 Å². The fraction of sp³-hybridized carbons (Fsp3) is 0.125. The molecule has 1 aromatic heterocycles. The van der Waals surface area contributed by atoms with Gasteiger partial charge in [0.05, 0.1) is 6.20 Å². The molecule has 1 aliphatic rings. The molecule has 0 N–H and O–H groups in total. The second kappa shape index (κ2) is 2.27. The molecule has 1 aliphatic heterocycles. The lowest BCUT2D eigenvalue weighted by molar-refractivity contribution is 0.526. The lowest BCUT2D eigenvalue weighted by Gasteiger charge is -1.87. The van der Waals surface area contributed by atoms with Crippen molar-refractivity contribution >= 4 is 5.71 Å². The van der Waals surface area contributed by atoms with Crippen molar-refractivity contribution in [1.29, 1.82) is 0 Å². The first-order valence-corrected chi connectivity index (χ1v) is 3.37. The second-order valence-corrected chi connectivity index (χ2v) is 2.33. The maximum absolute atomic E-state index is 5.33. The first-order chi connectivity index (χ1) is 5.36. The molecule has 2 heterocycles. The molecule has 55 valence electrons. The molecule has 0 unspecified atom stereocenters. The normalized spacial score (nSPS) is 14.8. The zero-order valence-electron chi connectivity index (χ0n) is 6.11. The molecular weight excluding hydrogens is 140 g/mol. The van der Waals surface area contributed by atoms with E-state index < -0.39 is 0 Å². The lowest BCUT2D eigenvalue weighted by Crippen LogP contribution is -1.90. The Kier molecular flexibility index (Phi) is 1.28. The summed E-state index contributed by atoms with van der Waals surface area (Å²) in [6, 6.07) is 3.80. The van der Waals surface area contributed by atoms with Crippen LogP contribution in [0.5, 0.6) is 0 Å². The number of rotatable bonds is 1. The SMILES string of the molecule is Cc1ccc(C2=N[N]C=C2)o1. The molecule has 0 saturated carbocycles. The smallest absolute Gasteiger partial charge is 0.154 e. The molecule has 3 heteroatoms.